The number of ether oxygens (including phenoxy) is 2. The Morgan fingerprint density at radius 1 is 1.04 bits per heavy atom. The first-order valence-electron chi connectivity index (χ1n) is 7.23. The molecule has 0 aromatic heterocycles. The number of primary amides is 1. The lowest BCUT2D eigenvalue weighted by molar-refractivity contribution is -0.119. The zero-order chi connectivity index (χ0) is 17.2. The summed E-state index contributed by atoms with van der Waals surface area (Å²) in [6.07, 6.45) is 0. The van der Waals surface area contributed by atoms with Crippen LogP contribution in [0.1, 0.15) is 11.6 Å². The van der Waals surface area contributed by atoms with Crippen molar-refractivity contribution in [2.24, 2.45) is 5.73 Å². The second kappa shape index (κ2) is 6.50. The van der Waals surface area contributed by atoms with E-state index in [1.54, 1.807) is 30.3 Å². The number of rotatable bonds is 5. The standard InChI is InChI=1S/C16H16N2O5S/c17-16(19)15(11-4-2-1-3-5-11)18-24(20,21)12-6-7-13-14(10-12)23-9-8-22-13/h1-7,10,15,18H,8-9H2,(H2,17,19). The molecule has 8 heteroatoms. The maximum Gasteiger partial charge on any atom is 0.241 e. The Bertz CT molecular complexity index is 852. The van der Waals surface area contributed by atoms with Crippen LogP contribution in [0.3, 0.4) is 0 Å². The van der Waals surface area contributed by atoms with E-state index < -0.39 is 22.0 Å². The quantitative estimate of drug-likeness (QED) is 0.837. The number of hydrogen-bond donors (Lipinski definition) is 2. The van der Waals surface area contributed by atoms with Gasteiger partial charge in [0.2, 0.25) is 15.9 Å². The lowest BCUT2D eigenvalue weighted by Crippen LogP contribution is -2.37. The van der Waals surface area contributed by atoms with Gasteiger partial charge in [-0.25, -0.2) is 8.42 Å². The molecule has 2 aromatic rings. The van der Waals surface area contributed by atoms with E-state index in [1.165, 1.54) is 18.2 Å². The number of hydrogen-bond acceptors (Lipinski definition) is 5. The predicted molar refractivity (Wildman–Crippen MR) is 86.1 cm³/mol. The summed E-state index contributed by atoms with van der Waals surface area (Å²) in [6.45, 7) is 0.757. The molecular formula is C16H16N2O5S. The van der Waals surface area contributed by atoms with E-state index in [2.05, 4.69) is 4.72 Å². The highest BCUT2D eigenvalue weighted by molar-refractivity contribution is 7.89. The largest absolute Gasteiger partial charge is 0.486 e. The lowest BCUT2D eigenvalue weighted by Gasteiger charge is -2.20. The third-order valence-electron chi connectivity index (χ3n) is 3.51. The molecule has 0 radical (unpaired) electrons. The van der Waals surface area contributed by atoms with Crippen LogP contribution < -0.4 is 19.9 Å². The van der Waals surface area contributed by atoms with Gasteiger partial charge in [-0.3, -0.25) is 4.79 Å². The van der Waals surface area contributed by atoms with Gasteiger partial charge in [0.15, 0.2) is 11.5 Å². The van der Waals surface area contributed by atoms with Gasteiger partial charge in [-0.15, -0.1) is 0 Å². The average molecular weight is 348 g/mol. The highest BCUT2D eigenvalue weighted by Gasteiger charge is 2.26. The maximum atomic E-state index is 12.6. The minimum Gasteiger partial charge on any atom is -0.486 e. The molecule has 24 heavy (non-hydrogen) atoms. The van der Waals surface area contributed by atoms with Crippen LogP contribution >= 0.6 is 0 Å². The smallest absolute Gasteiger partial charge is 0.241 e. The predicted octanol–water partition coefficient (Wildman–Crippen LogP) is 0.963. The van der Waals surface area contributed by atoms with Crippen molar-refractivity contribution in [1.82, 2.24) is 4.72 Å². The summed E-state index contributed by atoms with van der Waals surface area (Å²) in [5, 5.41) is 0. The van der Waals surface area contributed by atoms with Gasteiger partial charge >= 0.3 is 0 Å². The first kappa shape index (κ1) is 16.3. The molecule has 1 unspecified atom stereocenters. The molecule has 0 bridgehead atoms. The summed E-state index contributed by atoms with van der Waals surface area (Å²) in [5.41, 5.74) is 5.82. The minimum atomic E-state index is -3.97. The van der Waals surface area contributed by atoms with E-state index in [9.17, 15) is 13.2 Å². The zero-order valence-corrected chi connectivity index (χ0v) is 13.5. The molecule has 3 rings (SSSR count). The third kappa shape index (κ3) is 3.34. The van der Waals surface area contributed by atoms with E-state index >= 15 is 0 Å². The molecule has 1 aliphatic heterocycles. The SMILES string of the molecule is NC(=O)C(NS(=O)(=O)c1ccc2c(c1)OCCO2)c1ccccc1. The summed E-state index contributed by atoms with van der Waals surface area (Å²) < 4.78 is 38.3. The number of carbonyl (C=O) groups excluding carboxylic acids is 1. The number of nitrogens with one attached hydrogen (secondary N) is 1. The van der Waals surface area contributed by atoms with Gasteiger partial charge in [0, 0.05) is 6.07 Å². The lowest BCUT2D eigenvalue weighted by atomic mass is 10.1. The van der Waals surface area contributed by atoms with Crippen molar-refractivity contribution in [2.75, 3.05) is 13.2 Å². The second-order valence-corrected chi connectivity index (χ2v) is 6.89. The summed E-state index contributed by atoms with van der Waals surface area (Å²) in [4.78, 5) is 11.7. The van der Waals surface area contributed by atoms with Crippen molar-refractivity contribution >= 4 is 15.9 Å². The molecule has 2 aromatic carbocycles. The fourth-order valence-electron chi connectivity index (χ4n) is 2.35. The van der Waals surface area contributed by atoms with Crippen LogP contribution in [0.25, 0.3) is 0 Å². The topological polar surface area (TPSA) is 108 Å². The minimum absolute atomic E-state index is 0.0334. The van der Waals surface area contributed by atoms with Gasteiger partial charge in [0.1, 0.15) is 19.3 Å². The van der Waals surface area contributed by atoms with Gasteiger partial charge in [0.25, 0.3) is 0 Å². The van der Waals surface area contributed by atoms with E-state index in [4.69, 9.17) is 15.2 Å². The Morgan fingerprint density at radius 2 is 1.71 bits per heavy atom. The Balaban J connectivity index is 1.91. The molecule has 0 fully saturated rings. The number of nitrogens with two attached hydrogens (primary N) is 1. The van der Waals surface area contributed by atoms with Crippen molar-refractivity contribution in [3.05, 3.63) is 54.1 Å². The fraction of sp³-hybridized carbons (Fsp3) is 0.188. The number of fused-ring (bicyclic) bond motifs is 1. The third-order valence-corrected chi connectivity index (χ3v) is 4.93. The van der Waals surface area contributed by atoms with Gasteiger partial charge in [-0.2, -0.15) is 4.72 Å². The molecule has 1 amide bonds. The first-order valence-corrected chi connectivity index (χ1v) is 8.72. The van der Waals surface area contributed by atoms with Crippen LogP contribution in [0.5, 0.6) is 11.5 Å². The molecule has 0 aliphatic carbocycles. The molecule has 3 N–H and O–H groups in total. The fourth-order valence-corrected chi connectivity index (χ4v) is 3.56. The molecule has 1 aliphatic rings. The molecule has 126 valence electrons. The summed E-state index contributed by atoms with van der Waals surface area (Å²) >= 11 is 0. The van der Waals surface area contributed by atoms with Crippen molar-refractivity contribution in [3.8, 4) is 11.5 Å². The average Bonchev–Trinajstić information content (AvgIpc) is 2.60. The van der Waals surface area contributed by atoms with Gasteiger partial charge in [-0.05, 0) is 17.7 Å². The highest BCUT2D eigenvalue weighted by atomic mass is 32.2. The monoisotopic (exact) mass is 348 g/mol. The van der Waals surface area contributed by atoms with Crippen molar-refractivity contribution < 1.29 is 22.7 Å². The molecule has 7 nitrogen and oxygen atoms in total. The van der Waals surface area contributed by atoms with Crippen molar-refractivity contribution in [2.45, 2.75) is 10.9 Å². The number of sulfonamides is 1. The van der Waals surface area contributed by atoms with Gasteiger partial charge in [-0.1, -0.05) is 30.3 Å². The maximum absolute atomic E-state index is 12.6. The van der Waals surface area contributed by atoms with E-state index in [-0.39, 0.29) is 4.90 Å². The number of amides is 1. The van der Waals surface area contributed by atoms with Crippen molar-refractivity contribution in [3.63, 3.8) is 0 Å². The molecular weight excluding hydrogens is 332 g/mol. The summed E-state index contributed by atoms with van der Waals surface area (Å²) in [7, 11) is -3.97. The Morgan fingerprint density at radius 3 is 2.38 bits per heavy atom. The van der Waals surface area contributed by atoms with Crippen LogP contribution in [0, 0.1) is 0 Å². The van der Waals surface area contributed by atoms with E-state index in [0.29, 0.717) is 30.3 Å². The normalized spacial score (nSPS) is 14.8. The molecule has 0 saturated heterocycles. The second-order valence-electron chi connectivity index (χ2n) is 5.17. The van der Waals surface area contributed by atoms with Crippen LogP contribution in [-0.2, 0) is 14.8 Å². The molecule has 1 heterocycles. The Hall–Kier alpha value is -2.58. The van der Waals surface area contributed by atoms with Gasteiger partial charge < -0.3 is 15.2 Å². The molecule has 0 spiro atoms. The summed E-state index contributed by atoms with van der Waals surface area (Å²) in [5.74, 6) is 0.0384. The van der Waals surface area contributed by atoms with Crippen LogP contribution in [0.15, 0.2) is 53.4 Å². The summed E-state index contributed by atoms with van der Waals surface area (Å²) in [6, 6.07) is 11.5. The molecule has 0 saturated carbocycles. The van der Waals surface area contributed by atoms with Crippen LogP contribution in [-0.4, -0.2) is 27.5 Å². The van der Waals surface area contributed by atoms with E-state index in [0.717, 1.165) is 0 Å². The zero-order valence-electron chi connectivity index (χ0n) is 12.6. The van der Waals surface area contributed by atoms with E-state index in [1.807, 2.05) is 0 Å². The van der Waals surface area contributed by atoms with Crippen LogP contribution in [0.2, 0.25) is 0 Å². The van der Waals surface area contributed by atoms with Crippen molar-refractivity contribution in [1.29, 1.82) is 0 Å². The number of benzene rings is 2. The number of carbonyl (C=O) groups is 1. The first-order chi connectivity index (χ1) is 11.5. The Labute approximate surface area is 139 Å². The van der Waals surface area contributed by atoms with Crippen LogP contribution in [0.4, 0.5) is 0 Å². The molecule has 1 atom stereocenters. The van der Waals surface area contributed by atoms with Gasteiger partial charge in [0.05, 0.1) is 4.90 Å². The Kier molecular flexibility index (Phi) is 4.41. The highest BCUT2D eigenvalue weighted by Crippen LogP contribution is 2.32.